The van der Waals surface area contributed by atoms with Crippen LogP contribution in [0.4, 0.5) is 0 Å². The van der Waals surface area contributed by atoms with E-state index in [4.69, 9.17) is 25.3 Å². The minimum Gasteiger partial charge on any atom is -0.491 e. The molecule has 4 rings (SSSR count). The molecule has 1 aliphatic heterocycles. The lowest BCUT2D eigenvalue weighted by molar-refractivity contribution is 0.104. The predicted molar refractivity (Wildman–Crippen MR) is 101 cm³/mol. The molecule has 1 saturated heterocycles. The van der Waals surface area contributed by atoms with Gasteiger partial charge in [-0.25, -0.2) is 0 Å². The summed E-state index contributed by atoms with van der Waals surface area (Å²) in [6.45, 7) is 6.01. The molecule has 0 N–H and O–H groups in total. The summed E-state index contributed by atoms with van der Waals surface area (Å²) in [4.78, 5) is 9.09. The second-order valence-electron chi connectivity index (χ2n) is 6.39. The number of hydrogen-bond acceptors (Lipinski definition) is 7. The van der Waals surface area contributed by atoms with Gasteiger partial charge in [0.1, 0.15) is 12.4 Å². The monoisotopic (exact) mass is 388 g/mol. The zero-order valence-corrected chi connectivity index (χ0v) is 15.6. The second kappa shape index (κ2) is 8.56. The molecule has 27 heavy (non-hydrogen) atoms. The summed E-state index contributed by atoms with van der Waals surface area (Å²) in [5.41, 5.74) is 0. The molecular weight excluding hydrogens is 368 g/mol. The number of rotatable bonds is 7. The maximum absolute atomic E-state index is 6.11. The molecule has 0 saturated carbocycles. The summed E-state index contributed by atoms with van der Waals surface area (Å²) >= 11 is 6.11. The van der Waals surface area contributed by atoms with E-state index in [0.29, 0.717) is 35.6 Å². The van der Waals surface area contributed by atoms with Crippen molar-refractivity contribution in [2.45, 2.75) is 6.54 Å². The van der Waals surface area contributed by atoms with Crippen LogP contribution in [0.5, 0.6) is 5.75 Å². The molecule has 1 aromatic carbocycles. The van der Waals surface area contributed by atoms with Gasteiger partial charge in [0.05, 0.1) is 17.8 Å². The molecule has 0 amide bonds. The number of halogens is 1. The van der Waals surface area contributed by atoms with E-state index < -0.39 is 0 Å². The van der Waals surface area contributed by atoms with Crippen molar-refractivity contribution >= 4 is 11.6 Å². The minimum absolute atomic E-state index is 0.491. The first kappa shape index (κ1) is 18.0. The van der Waals surface area contributed by atoms with Crippen molar-refractivity contribution in [3.8, 4) is 17.3 Å². The van der Waals surface area contributed by atoms with Crippen molar-refractivity contribution in [1.29, 1.82) is 0 Å². The standard InChI is InChI=1S/C19H21ClN4O3/c20-15-4-1-2-5-16(15)26-13-11-23-7-9-24(10-8-23)14-18-21-19(22-27-18)17-6-3-12-25-17/h1-6,12H,7-11,13-14H2. The third kappa shape index (κ3) is 4.68. The lowest BCUT2D eigenvalue weighted by Crippen LogP contribution is -2.47. The van der Waals surface area contributed by atoms with Crippen molar-refractivity contribution in [3.05, 3.63) is 53.6 Å². The van der Waals surface area contributed by atoms with Crippen LogP contribution in [0.15, 0.2) is 51.6 Å². The van der Waals surface area contributed by atoms with Gasteiger partial charge in [-0.05, 0) is 24.3 Å². The number of piperazine rings is 1. The lowest BCUT2D eigenvalue weighted by atomic mass is 10.3. The average molecular weight is 389 g/mol. The van der Waals surface area contributed by atoms with Crippen LogP contribution in [0.2, 0.25) is 5.02 Å². The SMILES string of the molecule is Clc1ccccc1OCCN1CCN(Cc2nc(-c3ccco3)no2)CC1. The van der Waals surface area contributed by atoms with Crippen LogP contribution in [0.1, 0.15) is 5.89 Å². The molecule has 8 heteroatoms. The first-order chi connectivity index (χ1) is 13.3. The highest BCUT2D eigenvalue weighted by atomic mass is 35.5. The lowest BCUT2D eigenvalue weighted by Gasteiger charge is -2.33. The molecule has 3 aromatic rings. The van der Waals surface area contributed by atoms with Crippen LogP contribution in [0, 0.1) is 0 Å². The van der Waals surface area contributed by atoms with Crippen molar-refractivity contribution < 1.29 is 13.7 Å². The fourth-order valence-electron chi connectivity index (χ4n) is 3.03. The van der Waals surface area contributed by atoms with Gasteiger partial charge >= 0.3 is 0 Å². The number of furan rings is 1. The van der Waals surface area contributed by atoms with Crippen LogP contribution in [0.3, 0.4) is 0 Å². The van der Waals surface area contributed by atoms with Crippen LogP contribution < -0.4 is 4.74 Å². The number of aromatic nitrogens is 2. The molecule has 142 valence electrons. The van der Waals surface area contributed by atoms with E-state index in [-0.39, 0.29) is 0 Å². The Kier molecular flexibility index (Phi) is 5.72. The maximum Gasteiger partial charge on any atom is 0.241 e. The van der Waals surface area contributed by atoms with Crippen molar-refractivity contribution in [1.82, 2.24) is 19.9 Å². The Morgan fingerprint density at radius 1 is 1.04 bits per heavy atom. The van der Waals surface area contributed by atoms with Crippen molar-refractivity contribution in [2.24, 2.45) is 0 Å². The number of benzene rings is 1. The molecule has 0 aliphatic carbocycles. The van der Waals surface area contributed by atoms with E-state index >= 15 is 0 Å². The summed E-state index contributed by atoms with van der Waals surface area (Å²) in [7, 11) is 0. The molecule has 0 spiro atoms. The molecule has 0 radical (unpaired) electrons. The molecule has 2 aromatic heterocycles. The molecule has 1 aliphatic rings. The van der Waals surface area contributed by atoms with Gasteiger partial charge in [-0.1, -0.05) is 28.9 Å². The van der Waals surface area contributed by atoms with Gasteiger partial charge in [-0.2, -0.15) is 4.98 Å². The van der Waals surface area contributed by atoms with E-state index in [1.165, 1.54) is 0 Å². The van der Waals surface area contributed by atoms with Gasteiger partial charge < -0.3 is 13.7 Å². The number of nitrogens with zero attached hydrogens (tertiary/aromatic N) is 4. The quantitative estimate of drug-likeness (QED) is 0.615. The molecular formula is C19H21ClN4O3. The van der Waals surface area contributed by atoms with Crippen molar-refractivity contribution in [2.75, 3.05) is 39.3 Å². The molecule has 3 heterocycles. The third-order valence-corrected chi connectivity index (χ3v) is 4.85. The van der Waals surface area contributed by atoms with Crippen LogP contribution in [-0.2, 0) is 6.54 Å². The molecule has 0 bridgehead atoms. The smallest absolute Gasteiger partial charge is 0.241 e. The second-order valence-corrected chi connectivity index (χ2v) is 6.79. The minimum atomic E-state index is 0.491. The number of para-hydroxylation sites is 1. The summed E-state index contributed by atoms with van der Waals surface area (Å²) in [6.07, 6.45) is 1.60. The zero-order valence-electron chi connectivity index (χ0n) is 14.9. The summed E-state index contributed by atoms with van der Waals surface area (Å²) in [5, 5.41) is 4.62. The normalized spacial score (nSPS) is 15.9. The van der Waals surface area contributed by atoms with E-state index in [2.05, 4.69) is 19.9 Å². The molecule has 0 atom stereocenters. The van der Waals surface area contributed by atoms with Crippen LogP contribution >= 0.6 is 11.6 Å². The first-order valence-corrected chi connectivity index (χ1v) is 9.34. The Balaban J connectivity index is 1.20. The maximum atomic E-state index is 6.11. The topological polar surface area (TPSA) is 67.8 Å². The Labute approximate surface area is 162 Å². The Hall–Kier alpha value is -2.35. The third-order valence-electron chi connectivity index (χ3n) is 4.54. The zero-order chi connectivity index (χ0) is 18.5. The summed E-state index contributed by atoms with van der Waals surface area (Å²) < 4.78 is 16.4. The van der Waals surface area contributed by atoms with E-state index in [1.54, 1.807) is 12.3 Å². The van der Waals surface area contributed by atoms with E-state index in [9.17, 15) is 0 Å². The van der Waals surface area contributed by atoms with Gasteiger partial charge in [-0.15, -0.1) is 0 Å². The average Bonchev–Trinajstić information content (AvgIpc) is 3.36. The fraction of sp³-hybridized carbons (Fsp3) is 0.368. The Bertz CT molecular complexity index is 844. The van der Waals surface area contributed by atoms with E-state index in [0.717, 1.165) is 38.5 Å². The Morgan fingerprint density at radius 3 is 2.63 bits per heavy atom. The number of hydrogen-bond donors (Lipinski definition) is 0. The Morgan fingerprint density at radius 2 is 1.85 bits per heavy atom. The van der Waals surface area contributed by atoms with E-state index in [1.807, 2.05) is 30.3 Å². The van der Waals surface area contributed by atoms with Crippen LogP contribution in [0.25, 0.3) is 11.6 Å². The van der Waals surface area contributed by atoms with Gasteiger partial charge in [0.25, 0.3) is 0 Å². The van der Waals surface area contributed by atoms with Gasteiger partial charge in [0, 0.05) is 32.7 Å². The highest BCUT2D eigenvalue weighted by molar-refractivity contribution is 6.32. The molecule has 7 nitrogen and oxygen atoms in total. The molecule has 1 fully saturated rings. The highest BCUT2D eigenvalue weighted by Crippen LogP contribution is 2.23. The summed E-state index contributed by atoms with van der Waals surface area (Å²) in [6, 6.07) is 11.2. The largest absolute Gasteiger partial charge is 0.491 e. The fourth-order valence-corrected chi connectivity index (χ4v) is 3.22. The molecule has 0 unspecified atom stereocenters. The van der Waals surface area contributed by atoms with Gasteiger partial charge in [-0.3, -0.25) is 9.80 Å². The highest BCUT2D eigenvalue weighted by Gasteiger charge is 2.20. The summed E-state index contributed by atoms with van der Waals surface area (Å²) in [5.74, 6) is 2.46. The number of ether oxygens (including phenoxy) is 1. The van der Waals surface area contributed by atoms with Crippen molar-refractivity contribution in [3.63, 3.8) is 0 Å². The van der Waals surface area contributed by atoms with Crippen LogP contribution in [-0.4, -0.2) is 59.3 Å². The van der Waals surface area contributed by atoms with Gasteiger partial charge in [0.2, 0.25) is 11.7 Å². The first-order valence-electron chi connectivity index (χ1n) is 8.96. The van der Waals surface area contributed by atoms with Gasteiger partial charge in [0.15, 0.2) is 5.76 Å². The predicted octanol–water partition coefficient (Wildman–Crippen LogP) is 3.18.